The van der Waals surface area contributed by atoms with E-state index in [0.717, 1.165) is 24.0 Å². The van der Waals surface area contributed by atoms with Crippen LogP contribution in [-0.2, 0) is 19.6 Å². The molecule has 0 radical (unpaired) electrons. The number of carbonyl (C=O) groups excluding carboxylic acids is 2. The Bertz CT molecular complexity index is 1130. The summed E-state index contributed by atoms with van der Waals surface area (Å²) in [6, 6.07) is 12.4. The zero-order chi connectivity index (χ0) is 24.7. The van der Waals surface area contributed by atoms with Crippen LogP contribution in [0.2, 0.25) is 0 Å². The molecule has 2 aromatic carbocycles. The van der Waals surface area contributed by atoms with Crippen molar-refractivity contribution in [2.24, 2.45) is 0 Å². The number of hydrogen-bond acceptors (Lipinski definition) is 5. The first kappa shape index (κ1) is 25.7. The van der Waals surface area contributed by atoms with Gasteiger partial charge in [-0.05, 0) is 62.4 Å². The molecular formula is C25H33N3O5S. The fraction of sp³-hybridized carbons (Fsp3) is 0.440. The molecule has 0 unspecified atom stereocenters. The van der Waals surface area contributed by atoms with Crippen LogP contribution in [0.15, 0.2) is 42.5 Å². The molecule has 1 aliphatic rings. The lowest BCUT2D eigenvalue weighted by Crippen LogP contribution is -2.33. The van der Waals surface area contributed by atoms with Crippen LogP contribution in [0.4, 0.5) is 11.4 Å². The molecule has 8 nitrogen and oxygen atoms in total. The second-order valence-electron chi connectivity index (χ2n) is 8.60. The number of anilines is 2. The SMILES string of the molecule is Cc1cccc(N(CCCC(=O)Nc2ccccc2C(=O)NC[C@@H]2CCCO2)S(C)(=O)=O)c1C. The van der Waals surface area contributed by atoms with Gasteiger partial charge in [0.05, 0.1) is 29.3 Å². The Kier molecular flexibility index (Phi) is 8.68. The molecule has 0 spiro atoms. The van der Waals surface area contributed by atoms with E-state index >= 15 is 0 Å². The molecule has 0 saturated carbocycles. The van der Waals surface area contributed by atoms with Gasteiger partial charge in [0, 0.05) is 26.1 Å². The lowest BCUT2D eigenvalue weighted by Gasteiger charge is -2.25. The fourth-order valence-corrected chi connectivity index (χ4v) is 4.98. The molecule has 0 bridgehead atoms. The van der Waals surface area contributed by atoms with Crippen LogP contribution in [0.5, 0.6) is 0 Å². The Balaban J connectivity index is 1.59. The summed E-state index contributed by atoms with van der Waals surface area (Å²) in [5.41, 5.74) is 3.31. The number of carbonyl (C=O) groups is 2. The van der Waals surface area contributed by atoms with E-state index in [4.69, 9.17) is 4.74 Å². The Morgan fingerprint density at radius 2 is 1.88 bits per heavy atom. The largest absolute Gasteiger partial charge is 0.376 e. The van der Waals surface area contributed by atoms with E-state index in [-0.39, 0.29) is 30.9 Å². The summed E-state index contributed by atoms with van der Waals surface area (Å²) in [5, 5.41) is 5.66. The minimum absolute atomic E-state index is 0.0283. The van der Waals surface area contributed by atoms with Gasteiger partial charge in [0.2, 0.25) is 15.9 Å². The molecule has 1 saturated heterocycles. The average Bonchev–Trinajstić information content (AvgIpc) is 3.31. The van der Waals surface area contributed by atoms with Crippen LogP contribution in [-0.4, -0.2) is 52.3 Å². The van der Waals surface area contributed by atoms with Crippen LogP contribution >= 0.6 is 0 Å². The normalized spacial score (nSPS) is 15.7. The number of rotatable bonds is 10. The zero-order valence-electron chi connectivity index (χ0n) is 20.0. The molecule has 2 amide bonds. The first-order chi connectivity index (χ1) is 16.2. The number of ether oxygens (including phenoxy) is 1. The third-order valence-corrected chi connectivity index (χ3v) is 7.15. The summed E-state index contributed by atoms with van der Waals surface area (Å²) in [6.45, 7) is 5.14. The van der Waals surface area contributed by atoms with Crippen molar-refractivity contribution in [3.63, 3.8) is 0 Å². The number of para-hydroxylation sites is 1. The highest BCUT2D eigenvalue weighted by Gasteiger charge is 2.21. The van der Waals surface area contributed by atoms with E-state index in [1.165, 1.54) is 10.6 Å². The van der Waals surface area contributed by atoms with Gasteiger partial charge < -0.3 is 15.4 Å². The molecular weight excluding hydrogens is 454 g/mol. The predicted molar refractivity (Wildman–Crippen MR) is 134 cm³/mol. The molecule has 9 heteroatoms. The summed E-state index contributed by atoms with van der Waals surface area (Å²) < 4.78 is 31.7. The summed E-state index contributed by atoms with van der Waals surface area (Å²) in [6.07, 6.45) is 3.56. The first-order valence-electron chi connectivity index (χ1n) is 11.5. The van der Waals surface area contributed by atoms with Crippen molar-refractivity contribution in [3.8, 4) is 0 Å². The molecule has 3 rings (SSSR count). The van der Waals surface area contributed by atoms with E-state index < -0.39 is 10.0 Å². The maximum atomic E-state index is 12.6. The van der Waals surface area contributed by atoms with Crippen molar-refractivity contribution in [2.45, 2.75) is 45.6 Å². The number of amides is 2. The van der Waals surface area contributed by atoms with Gasteiger partial charge in [0.25, 0.3) is 5.91 Å². The van der Waals surface area contributed by atoms with Crippen molar-refractivity contribution in [1.82, 2.24) is 5.32 Å². The number of sulfonamides is 1. The van der Waals surface area contributed by atoms with E-state index in [1.807, 2.05) is 26.0 Å². The van der Waals surface area contributed by atoms with E-state index in [2.05, 4.69) is 10.6 Å². The second-order valence-corrected chi connectivity index (χ2v) is 10.5. The van der Waals surface area contributed by atoms with Gasteiger partial charge >= 0.3 is 0 Å². The number of benzene rings is 2. The highest BCUT2D eigenvalue weighted by Crippen LogP contribution is 2.25. The fourth-order valence-electron chi connectivity index (χ4n) is 3.96. The Hall–Kier alpha value is -2.91. The molecule has 34 heavy (non-hydrogen) atoms. The molecule has 1 heterocycles. The van der Waals surface area contributed by atoms with Gasteiger partial charge in [-0.3, -0.25) is 13.9 Å². The molecule has 0 aromatic heterocycles. The summed E-state index contributed by atoms with van der Waals surface area (Å²) in [7, 11) is -3.51. The Morgan fingerprint density at radius 1 is 1.12 bits per heavy atom. The number of aryl methyl sites for hydroxylation is 1. The zero-order valence-corrected chi connectivity index (χ0v) is 20.8. The van der Waals surface area contributed by atoms with Crippen molar-refractivity contribution in [1.29, 1.82) is 0 Å². The Labute approximate surface area is 201 Å². The van der Waals surface area contributed by atoms with Gasteiger partial charge in [0.1, 0.15) is 0 Å². The molecule has 2 N–H and O–H groups in total. The van der Waals surface area contributed by atoms with Crippen LogP contribution < -0.4 is 14.9 Å². The van der Waals surface area contributed by atoms with E-state index in [1.54, 1.807) is 30.3 Å². The number of nitrogens with zero attached hydrogens (tertiary/aromatic N) is 1. The van der Waals surface area contributed by atoms with Gasteiger partial charge in [-0.15, -0.1) is 0 Å². The average molecular weight is 488 g/mol. The Morgan fingerprint density at radius 3 is 2.59 bits per heavy atom. The molecule has 1 atom stereocenters. The van der Waals surface area contributed by atoms with Gasteiger partial charge in [-0.2, -0.15) is 0 Å². The van der Waals surface area contributed by atoms with Crippen molar-refractivity contribution < 1.29 is 22.7 Å². The van der Waals surface area contributed by atoms with Crippen LogP contribution in [0.3, 0.4) is 0 Å². The maximum absolute atomic E-state index is 12.6. The highest BCUT2D eigenvalue weighted by molar-refractivity contribution is 7.92. The smallest absolute Gasteiger partial charge is 0.253 e. The summed E-state index contributed by atoms with van der Waals surface area (Å²) in [5.74, 6) is -0.557. The maximum Gasteiger partial charge on any atom is 0.253 e. The monoisotopic (exact) mass is 487 g/mol. The third kappa shape index (κ3) is 6.80. The van der Waals surface area contributed by atoms with Gasteiger partial charge in [-0.1, -0.05) is 24.3 Å². The summed E-state index contributed by atoms with van der Waals surface area (Å²) in [4.78, 5) is 25.3. The van der Waals surface area contributed by atoms with E-state index in [0.29, 0.717) is 36.5 Å². The van der Waals surface area contributed by atoms with Crippen molar-refractivity contribution in [3.05, 3.63) is 59.2 Å². The van der Waals surface area contributed by atoms with E-state index in [9.17, 15) is 18.0 Å². The lowest BCUT2D eigenvalue weighted by molar-refractivity contribution is -0.116. The molecule has 184 valence electrons. The standard InChI is InChI=1S/C25H33N3O5S/c1-18-9-6-13-23(19(18)2)28(34(3,31)32)15-7-14-24(29)27-22-12-5-4-11-21(22)25(30)26-17-20-10-8-16-33-20/h4-6,9,11-13,20H,7-8,10,14-17H2,1-3H3,(H,26,30)(H,27,29)/t20-/m0/s1. The summed E-state index contributed by atoms with van der Waals surface area (Å²) >= 11 is 0. The quantitative estimate of drug-likeness (QED) is 0.535. The lowest BCUT2D eigenvalue weighted by atomic mass is 10.1. The number of hydrogen-bond donors (Lipinski definition) is 2. The first-order valence-corrected chi connectivity index (χ1v) is 13.3. The minimum Gasteiger partial charge on any atom is -0.376 e. The molecule has 2 aromatic rings. The van der Waals surface area contributed by atoms with Crippen LogP contribution in [0, 0.1) is 13.8 Å². The predicted octanol–water partition coefficient (Wildman–Crippen LogP) is 3.40. The molecule has 1 fully saturated rings. The number of nitrogens with one attached hydrogen (secondary N) is 2. The van der Waals surface area contributed by atoms with Gasteiger partial charge in [0.15, 0.2) is 0 Å². The molecule has 1 aliphatic heterocycles. The molecule has 0 aliphatic carbocycles. The third-order valence-electron chi connectivity index (χ3n) is 5.97. The van der Waals surface area contributed by atoms with Crippen LogP contribution in [0.25, 0.3) is 0 Å². The van der Waals surface area contributed by atoms with Gasteiger partial charge in [-0.25, -0.2) is 8.42 Å². The second kappa shape index (κ2) is 11.5. The van der Waals surface area contributed by atoms with Crippen molar-refractivity contribution >= 4 is 33.2 Å². The van der Waals surface area contributed by atoms with Crippen LogP contribution in [0.1, 0.15) is 47.2 Å². The minimum atomic E-state index is -3.51. The van der Waals surface area contributed by atoms with Crippen molar-refractivity contribution in [2.75, 3.05) is 35.6 Å². The topological polar surface area (TPSA) is 105 Å². The highest BCUT2D eigenvalue weighted by atomic mass is 32.2.